The smallest absolute Gasteiger partial charge is 0.236 e. The van der Waals surface area contributed by atoms with Gasteiger partial charge in [0.25, 0.3) is 0 Å². The second-order valence-corrected chi connectivity index (χ2v) is 9.07. The van der Waals surface area contributed by atoms with E-state index in [4.69, 9.17) is 26.8 Å². The molecule has 0 bridgehead atoms. The molecule has 2 saturated heterocycles. The minimum absolute atomic E-state index is 0.0164. The number of hydrogen-bond acceptors (Lipinski definition) is 6. The number of morpholine rings is 1. The van der Waals surface area contributed by atoms with Crippen LogP contribution >= 0.6 is 11.6 Å². The van der Waals surface area contributed by atoms with Gasteiger partial charge < -0.3 is 20.1 Å². The van der Waals surface area contributed by atoms with Gasteiger partial charge in [-0.1, -0.05) is 11.6 Å². The highest BCUT2D eigenvalue weighted by Crippen LogP contribution is 2.25. The predicted octanol–water partition coefficient (Wildman–Crippen LogP) is 1.22. The van der Waals surface area contributed by atoms with E-state index in [1.165, 1.54) is 0 Å². The van der Waals surface area contributed by atoms with Crippen LogP contribution in [0, 0.1) is 0 Å². The van der Waals surface area contributed by atoms with Crippen LogP contribution in [0.25, 0.3) is 0 Å². The first-order valence-corrected chi connectivity index (χ1v) is 11.2. The van der Waals surface area contributed by atoms with Crippen molar-refractivity contribution in [1.82, 2.24) is 14.7 Å². The fourth-order valence-electron chi connectivity index (χ4n) is 4.10. The Morgan fingerprint density at radius 3 is 2.45 bits per heavy atom. The number of rotatable bonds is 8. The summed E-state index contributed by atoms with van der Waals surface area (Å²) >= 11 is 5.92. The van der Waals surface area contributed by atoms with Gasteiger partial charge in [-0.25, -0.2) is 0 Å². The Morgan fingerprint density at radius 2 is 1.84 bits per heavy atom. The number of primary amides is 1. The number of hydrogen-bond donors (Lipinski definition) is 1. The average Bonchev–Trinajstić information content (AvgIpc) is 2.73. The third-order valence-corrected chi connectivity index (χ3v) is 6.16. The molecule has 3 rings (SSSR count). The maximum atomic E-state index is 13.0. The number of piperazine rings is 1. The topological polar surface area (TPSA) is 88.3 Å². The van der Waals surface area contributed by atoms with Gasteiger partial charge in [-0.15, -0.1) is 0 Å². The van der Waals surface area contributed by atoms with Crippen molar-refractivity contribution in [1.29, 1.82) is 0 Å². The molecule has 2 N–H and O–H groups in total. The van der Waals surface area contributed by atoms with Crippen LogP contribution in [0.1, 0.15) is 20.3 Å². The number of benzene rings is 1. The number of carbonyl (C=O) groups is 2. The molecular formula is C22H33ClN4O4. The van der Waals surface area contributed by atoms with Gasteiger partial charge in [-0.05, 0) is 38.1 Å². The van der Waals surface area contributed by atoms with E-state index >= 15 is 0 Å². The van der Waals surface area contributed by atoms with Crippen molar-refractivity contribution < 1.29 is 19.1 Å². The maximum Gasteiger partial charge on any atom is 0.236 e. The molecule has 2 aliphatic rings. The minimum Gasteiger partial charge on any atom is -0.490 e. The zero-order valence-corrected chi connectivity index (χ0v) is 19.1. The number of nitrogens with two attached hydrogens (primary N) is 1. The Hall–Kier alpha value is -1.87. The summed E-state index contributed by atoms with van der Waals surface area (Å²) in [7, 11) is 0. The van der Waals surface area contributed by atoms with E-state index in [0.717, 1.165) is 26.2 Å². The summed E-state index contributed by atoms with van der Waals surface area (Å²) < 4.78 is 11.8. The molecular weight excluding hydrogens is 420 g/mol. The first-order valence-electron chi connectivity index (χ1n) is 10.8. The molecule has 2 heterocycles. The molecule has 0 radical (unpaired) electrons. The molecule has 9 heteroatoms. The lowest BCUT2D eigenvalue weighted by Gasteiger charge is -2.43. The minimum atomic E-state index is -0.963. The molecule has 2 amide bonds. The standard InChI is InChI=1S/C22H33ClN4O4/c1-17(2)26-9-7-25(8-10-26)14-21(29)27-11-12-31-22(15-27,13-20(24)28)16-30-19-5-3-18(23)4-6-19/h3-6,17H,7-16H2,1-2H3,(H2,24,28)/t22-/m1/s1. The largest absolute Gasteiger partial charge is 0.490 e. The quantitative estimate of drug-likeness (QED) is 0.638. The van der Waals surface area contributed by atoms with Crippen molar-refractivity contribution in [3.05, 3.63) is 29.3 Å². The highest BCUT2D eigenvalue weighted by molar-refractivity contribution is 6.30. The van der Waals surface area contributed by atoms with Gasteiger partial charge in [0, 0.05) is 43.8 Å². The van der Waals surface area contributed by atoms with E-state index in [9.17, 15) is 9.59 Å². The second kappa shape index (κ2) is 10.6. The molecule has 1 aromatic rings. The lowest BCUT2D eigenvalue weighted by molar-refractivity contribution is -0.162. The van der Waals surface area contributed by atoms with Crippen molar-refractivity contribution in [2.75, 3.05) is 59.0 Å². The van der Waals surface area contributed by atoms with Crippen molar-refractivity contribution in [3.63, 3.8) is 0 Å². The molecule has 0 spiro atoms. The first kappa shape index (κ1) is 23.8. The molecule has 31 heavy (non-hydrogen) atoms. The van der Waals surface area contributed by atoms with Crippen molar-refractivity contribution in [3.8, 4) is 5.75 Å². The van der Waals surface area contributed by atoms with E-state index in [-0.39, 0.29) is 25.5 Å². The number of halogens is 1. The Morgan fingerprint density at radius 1 is 1.16 bits per heavy atom. The molecule has 8 nitrogen and oxygen atoms in total. The monoisotopic (exact) mass is 452 g/mol. The third-order valence-electron chi connectivity index (χ3n) is 5.91. The van der Waals surface area contributed by atoms with Crippen LogP contribution in [-0.4, -0.2) is 97.2 Å². The van der Waals surface area contributed by atoms with E-state index in [1.807, 2.05) is 0 Å². The zero-order chi connectivity index (χ0) is 22.4. The van der Waals surface area contributed by atoms with Gasteiger partial charge >= 0.3 is 0 Å². The maximum absolute atomic E-state index is 13.0. The summed E-state index contributed by atoms with van der Waals surface area (Å²) in [5.74, 6) is 0.170. The average molecular weight is 453 g/mol. The normalized spacial score (nSPS) is 23.2. The van der Waals surface area contributed by atoms with E-state index in [1.54, 1.807) is 29.2 Å². The molecule has 172 valence electrons. The molecule has 0 aromatic heterocycles. The summed E-state index contributed by atoms with van der Waals surface area (Å²) in [6, 6.07) is 7.49. The van der Waals surface area contributed by atoms with Crippen molar-refractivity contribution in [2.24, 2.45) is 5.73 Å². The number of carbonyl (C=O) groups excluding carboxylic acids is 2. The summed E-state index contributed by atoms with van der Waals surface area (Å²) in [5.41, 5.74) is 4.53. The highest BCUT2D eigenvalue weighted by Gasteiger charge is 2.41. The van der Waals surface area contributed by atoms with Crippen LogP contribution in [0.5, 0.6) is 5.75 Å². The van der Waals surface area contributed by atoms with Gasteiger partial charge in [0.15, 0.2) is 0 Å². The van der Waals surface area contributed by atoms with Crippen molar-refractivity contribution in [2.45, 2.75) is 31.9 Å². The molecule has 0 aliphatic carbocycles. The predicted molar refractivity (Wildman–Crippen MR) is 119 cm³/mol. The number of nitrogens with zero attached hydrogens (tertiary/aromatic N) is 3. The van der Waals surface area contributed by atoms with Gasteiger partial charge in [-0.3, -0.25) is 19.4 Å². The zero-order valence-electron chi connectivity index (χ0n) is 18.4. The summed E-state index contributed by atoms with van der Waals surface area (Å²) in [6.07, 6.45) is -0.0164. The fraction of sp³-hybridized carbons (Fsp3) is 0.636. The van der Waals surface area contributed by atoms with Gasteiger partial charge in [0.2, 0.25) is 11.8 Å². The van der Waals surface area contributed by atoms with Crippen LogP contribution < -0.4 is 10.5 Å². The van der Waals surface area contributed by atoms with Crippen molar-refractivity contribution >= 4 is 23.4 Å². The van der Waals surface area contributed by atoms with Gasteiger partial charge in [0.05, 0.1) is 26.1 Å². The van der Waals surface area contributed by atoms with E-state index in [2.05, 4.69) is 23.6 Å². The fourth-order valence-corrected chi connectivity index (χ4v) is 4.22. The first-order chi connectivity index (χ1) is 14.8. The number of ether oxygens (including phenoxy) is 2. The van der Waals surface area contributed by atoms with Gasteiger partial charge in [-0.2, -0.15) is 0 Å². The van der Waals surface area contributed by atoms with E-state index in [0.29, 0.717) is 36.5 Å². The Balaban J connectivity index is 1.59. The lowest BCUT2D eigenvalue weighted by atomic mass is 9.97. The Bertz CT molecular complexity index is 752. The Kier molecular flexibility index (Phi) is 8.16. The van der Waals surface area contributed by atoms with Crippen LogP contribution in [0.2, 0.25) is 5.02 Å². The van der Waals surface area contributed by atoms with E-state index < -0.39 is 11.5 Å². The summed E-state index contributed by atoms with van der Waals surface area (Å²) in [5, 5.41) is 0.610. The third kappa shape index (κ3) is 6.80. The summed E-state index contributed by atoms with van der Waals surface area (Å²) in [6.45, 7) is 9.66. The molecule has 2 fully saturated rings. The van der Waals surface area contributed by atoms with Crippen LogP contribution in [0.4, 0.5) is 0 Å². The van der Waals surface area contributed by atoms with Gasteiger partial charge in [0.1, 0.15) is 18.0 Å². The molecule has 0 saturated carbocycles. The molecule has 0 unspecified atom stereocenters. The molecule has 1 aromatic carbocycles. The molecule has 2 aliphatic heterocycles. The Labute approximate surface area is 189 Å². The summed E-state index contributed by atoms with van der Waals surface area (Å²) in [4.78, 5) is 31.2. The highest BCUT2D eigenvalue weighted by atomic mass is 35.5. The second-order valence-electron chi connectivity index (χ2n) is 8.64. The van der Waals surface area contributed by atoms with Crippen LogP contribution in [0.3, 0.4) is 0 Å². The number of amides is 2. The van der Waals surface area contributed by atoms with Crippen LogP contribution in [0.15, 0.2) is 24.3 Å². The SMILES string of the molecule is CC(C)N1CCN(CC(=O)N2CCO[C@](COc3ccc(Cl)cc3)(CC(N)=O)C2)CC1. The van der Waals surface area contributed by atoms with Crippen LogP contribution in [-0.2, 0) is 14.3 Å². The molecule has 1 atom stereocenters. The lowest BCUT2D eigenvalue weighted by Crippen LogP contribution is -2.59.